The quantitative estimate of drug-likeness (QED) is 0.793. The van der Waals surface area contributed by atoms with Crippen LogP contribution in [0.1, 0.15) is 12.5 Å². The molecule has 1 nitrogen and oxygen atoms in total. The minimum absolute atomic E-state index is 0.121. The van der Waals surface area contributed by atoms with E-state index in [1.54, 1.807) is 6.92 Å². The number of rotatable bonds is 3. The van der Waals surface area contributed by atoms with E-state index >= 15 is 0 Å². The van der Waals surface area contributed by atoms with Crippen LogP contribution in [0, 0.1) is 0 Å². The first kappa shape index (κ1) is 11.9. The molecule has 0 bridgehead atoms. The molecule has 0 N–H and O–H groups in total. The third kappa shape index (κ3) is 2.75. The second-order valence-electron chi connectivity index (χ2n) is 4.01. The van der Waals surface area contributed by atoms with E-state index in [1.807, 2.05) is 48.5 Å². The Balaban J connectivity index is 2.54. The second-order valence-corrected chi connectivity index (χ2v) is 4.42. The second kappa shape index (κ2) is 5.15. The first-order valence-corrected chi connectivity index (χ1v) is 5.88. The normalized spacial score (nSPS) is 10.2. The van der Waals surface area contributed by atoms with Gasteiger partial charge in [0.2, 0.25) is 0 Å². The molecule has 0 radical (unpaired) electrons. The van der Waals surface area contributed by atoms with E-state index < -0.39 is 0 Å². The number of carbonyl (C=O) groups excluding carboxylic acids is 1. The molecule has 0 aliphatic heterocycles. The van der Waals surface area contributed by atoms with Crippen molar-refractivity contribution >= 4 is 17.4 Å². The van der Waals surface area contributed by atoms with E-state index in [2.05, 4.69) is 0 Å². The van der Waals surface area contributed by atoms with Crippen LogP contribution < -0.4 is 0 Å². The Bertz CT molecular complexity index is 532. The summed E-state index contributed by atoms with van der Waals surface area (Å²) in [5.41, 5.74) is 3.03. The minimum Gasteiger partial charge on any atom is -0.300 e. The van der Waals surface area contributed by atoms with Crippen LogP contribution in [0.2, 0.25) is 5.02 Å². The first-order chi connectivity index (χ1) is 8.18. The molecule has 0 spiro atoms. The van der Waals surface area contributed by atoms with Crippen LogP contribution in [0.25, 0.3) is 11.1 Å². The van der Waals surface area contributed by atoms with E-state index in [0.29, 0.717) is 11.4 Å². The fourth-order valence-electron chi connectivity index (χ4n) is 1.88. The number of hydrogen-bond acceptors (Lipinski definition) is 1. The average Bonchev–Trinajstić information content (AvgIpc) is 2.32. The third-order valence-corrected chi connectivity index (χ3v) is 2.98. The maximum Gasteiger partial charge on any atom is 0.134 e. The summed E-state index contributed by atoms with van der Waals surface area (Å²) in [4.78, 5) is 11.3. The van der Waals surface area contributed by atoms with E-state index in [1.165, 1.54) is 0 Å². The van der Waals surface area contributed by atoms with Crippen molar-refractivity contribution in [3.05, 3.63) is 59.1 Å². The Labute approximate surface area is 106 Å². The summed E-state index contributed by atoms with van der Waals surface area (Å²) in [5.74, 6) is 0.121. The number of benzene rings is 2. The maximum atomic E-state index is 11.3. The van der Waals surface area contributed by atoms with Crippen molar-refractivity contribution in [2.24, 2.45) is 0 Å². The molecule has 2 rings (SSSR count). The molecule has 0 amide bonds. The van der Waals surface area contributed by atoms with Crippen LogP contribution in [0.4, 0.5) is 0 Å². The van der Waals surface area contributed by atoms with Crippen molar-refractivity contribution in [1.29, 1.82) is 0 Å². The van der Waals surface area contributed by atoms with E-state index in [4.69, 9.17) is 11.6 Å². The molecule has 0 saturated carbocycles. The summed E-state index contributed by atoms with van der Waals surface area (Å²) in [7, 11) is 0. The smallest absolute Gasteiger partial charge is 0.134 e. The molecule has 0 atom stereocenters. The fourth-order valence-corrected chi connectivity index (χ4v) is 2.12. The topological polar surface area (TPSA) is 17.1 Å². The van der Waals surface area contributed by atoms with Crippen LogP contribution in [0.15, 0.2) is 48.5 Å². The molecular formula is C15H13ClO. The van der Waals surface area contributed by atoms with E-state index in [0.717, 1.165) is 16.7 Å². The van der Waals surface area contributed by atoms with Crippen LogP contribution in [-0.2, 0) is 11.2 Å². The number of Topliss-reactive ketones (excluding diaryl/α,β-unsaturated/α-hetero) is 1. The lowest BCUT2D eigenvalue weighted by molar-refractivity contribution is -0.116. The Morgan fingerprint density at radius 3 is 2.41 bits per heavy atom. The molecule has 0 heterocycles. The molecule has 0 unspecified atom stereocenters. The average molecular weight is 245 g/mol. The highest BCUT2D eigenvalue weighted by Crippen LogP contribution is 2.29. The number of ketones is 1. The zero-order valence-electron chi connectivity index (χ0n) is 9.61. The monoisotopic (exact) mass is 244 g/mol. The minimum atomic E-state index is 0.121. The Hall–Kier alpha value is -1.60. The maximum absolute atomic E-state index is 11.3. The molecular weight excluding hydrogens is 232 g/mol. The van der Waals surface area contributed by atoms with Gasteiger partial charge in [-0.05, 0) is 29.7 Å². The number of hydrogen-bond donors (Lipinski definition) is 0. The summed E-state index contributed by atoms with van der Waals surface area (Å²) in [5, 5.41) is 0.654. The zero-order valence-corrected chi connectivity index (χ0v) is 10.4. The molecule has 2 aromatic carbocycles. The van der Waals surface area contributed by atoms with Gasteiger partial charge in [-0.25, -0.2) is 0 Å². The molecule has 0 aliphatic carbocycles. The standard InChI is InChI=1S/C15H13ClO/c1-11(17)10-14-13(8-5-9-15(14)16)12-6-3-2-4-7-12/h2-9H,10H2,1H3. The van der Waals surface area contributed by atoms with Gasteiger partial charge in [0.1, 0.15) is 5.78 Å². The summed E-state index contributed by atoms with van der Waals surface area (Å²) in [6.07, 6.45) is 0.379. The lowest BCUT2D eigenvalue weighted by Crippen LogP contribution is -1.99. The van der Waals surface area contributed by atoms with Crippen molar-refractivity contribution in [2.45, 2.75) is 13.3 Å². The van der Waals surface area contributed by atoms with Crippen LogP contribution >= 0.6 is 11.6 Å². The highest BCUT2D eigenvalue weighted by molar-refractivity contribution is 6.32. The number of carbonyl (C=O) groups is 1. The van der Waals surface area contributed by atoms with Crippen molar-refractivity contribution in [3.63, 3.8) is 0 Å². The largest absolute Gasteiger partial charge is 0.300 e. The lowest BCUT2D eigenvalue weighted by atomic mass is 9.96. The molecule has 2 aromatic rings. The van der Waals surface area contributed by atoms with Crippen molar-refractivity contribution in [2.75, 3.05) is 0 Å². The molecule has 0 aliphatic rings. The van der Waals surface area contributed by atoms with Gasteiger partial charge in [-0.2, -0.15) is 0 Å². The van der Waals surface area contributed by atoms with Gasteiger partial charge < -0.3 is 0 Å². The predicted octanol–water partition coefficient (Wildman–Crippen LogP) is 4.14. The van der Waals surface area contributed by atoms with Gasteiger partial charge in [-0.3, -0.25) is 4.79 Å². The summed E-state index contributed by atoms with van der Waals surface area (Å²) < 4.78 is 0. The third-order valence-electron chi connectivity index (χ3n) is 2.63. The molecule has 17 heavy (non-hydrogen) atoms. The zero-order chi connectivity index (χ0) is 12.3. The van der Waals surface area contributed by atoms with E-state index in [-0.39, 0.29) is 5.78 Å². The lowest BCUT2D eigenvalue weighted by Gasteiger charge is -2.10. The first-order valence-electron chi connectivity index (χ1n) is 5.50. The van der Waals surface area contributed by atoms with Crippen molar-refractivity contribution in [1.82, 2.24) is 0 Å². The number of halogens is 1. The molecule has 0 aromatic heterocycles. The van der Waals surface area contributed by atoms with Gasteiger partial charge >= 0.3 is 0 Å². The predicted molar refractivity (Wildman–Crippen MR) is 71.3 cm³/mol. The Morgan fingerprint density at radius 1 is 1.06 bits per heavy atom. The SMILES string of the molecule is CC(=O)Cc1c(Cl)cccc1-c1ccccc1. The highest BCUT2D eigenvalue weighted by Gasteiger charge is 2.10. The molecule has 0 saturated heterocycles. The Kier molecular flexibility index (Phi) is 3.60. The van der Waals surface area contributed by atoms with Crippen LogP contribution in [0.3, 0.4) is 0 Å². The van der Waals surface area contributed by atoms with Gasteiger partial charge in [-0.1, -0.05) is 54.1 Å². The fraction of sp³-hybridized carbons (Fsp3) is 0.133. The molecule has 0 fully saturated rings. The van der Waals surface area contributed by atoms with Crippen molar-refractivity contribution < 1.29 is 4.79 Å². The van der Waals surface area contributed by atoms with E-state index in [9.17, 15) is 4.79 Å². The summed E-state index contributed by atoms with van der Waals surface area (Å²) in [6.45, 7) is 1.58. The van der Waals surface area contributed by atoms with Gasteiger partial charge in [-0.15, -0.1) is 0 Å². The van der Waals surface area contributed by atoms with Crippen molar-refractivity contribution in [3.8, 4) is 11.1 Å². The summed E-state index contributed by atoms with van der Waals surface area (Å²) in [6, 6.07) is 15.7. The van der Waals surface area contributed by atoms with Crippen LogP contribution in [-0.4, -0.2) is 5.78 Å². The van der Waals surface area contributed by atoms with Crippen LogP contribution in [0.5, 0.6) is 0 Å². The van der Waals surface area contributed by atoms with Gasteiger partial charge in [0.05, 0.1) is 0 Å². The van der Waals surface area contributed by atoms with Gasteiger partial charge in [0.15, 0.2) is 0 Å². The van der Waals surface area contributed by atoms with Gasteiger partial charge in [0.25, 0.3) is 0 Å². The summed E-state index contributed by atoms with van der Waals surface area (Å²) >= 11 is 6.17. The Morgan fingerprint density at radius 2 is 1.76 bits per heavy atom. The molecule has 2 heteroatoms. The molecule has 86 valence electrons. The van der Waals surface area contributed by atoms with Gasteiger partial charge in [0, 0.05) is 11.4 Å². The highest BCUT2D eigenvalue weighted by atomic mass is 35.5.